The van der Waals surface area contributed by atoms with E-state index in [0.717, 1.165) is 0 Å². The van der Waals surface area contributed by atoms with Gasteiger partial charge in [0.05, 0.1) is 0 Å². The molecule has 0 saturated heterocycles. The van der Waals surface area contributed by atoms with E-state index < -0.39 is 0.376 Å². The van der Waals surface area contributed by atoms with Gasteiger partial charge >= 0.3 is 80.3 Å². The van der Waals surface area contributed by atoms with Gasteiger partial charge < -0.3 is 27.4 Å². The zero-order chi connectivity index (χ0) is 4.50. The van der Waals surface area contributed by atoms with Gasteiger partial charge in [0.2, 0.25) is 0 Å². The summed E-state index contributed by atoms with van der Waals surface area (Å²) in [6.45, 7) is 0. The van der Waals surface area contributed by atoms with Crippen molar-refractivity contribution < 1.29 is 27.8 Å². The summed E-state index contributed by atoms with van der Waals surface area (Å²) in [6, 6.07) is 0. The van der Waals surface area contributed by atoms with Crippen molar-refractivity contribution in [3.63, 3.8) is 0 Å². The normalized spacial score (nSPS) is 6.00. The number of hydrogen-bond acceptors (Lipinski definition) is 0. The Morgan fingerprint density at radius 1 is 0.500 bits per heavy atom. The fourth-order valence-corrected chi connectivity index (χ4v) is 0. The van der Waals surface area contributed by atoms with Gasteiger partial charge in [0, 0.05) is 0 Å². The molecule has 0 spiro atoms. The van der Waals surface area contributed by atoms with Crippen molar-refractivity contribution in [2.45, 2.75) is 0 Å². The van der Waals surface area contributed by atoms with Crippen molar-refractivity contribution in [1.82, 2.24) is 0 Å². The first-order chi connectivity index (χ1) is 2.00. The van der Waals surface area contributed by atoms with Crippen LogP contribution in [-0.2, 0) is 0.376 Å². The molecule has 0 bridgehead atoms. The Hall–Kier alpha value is 3.30. The summed E-state index contributed by atoms with van der Waals surface area (Å²) in [5.41, 5.74) is 0. The van der Waals surface area contributed by atoms with Crippen LogP contribution in [0.5, 0.6) is 0 Å². The maximum absolute atomic E-state index is 2.51. The Bertz CT molecular complexity index is 29.1. The van der Waals surface area contributed by atoms with Crippen LogP contribution in [0.25, 0.3) is 0 Å². The van der Waals surface area contributed by atoms with Crippen LogP contribution in [0.4, 0.5) is 0 Å². The van der Waals surface area contributed by atoms with Gasteiger partial charge in [0.25, 0.3) is 0 Å². The standard InChI is InChI=1S/4HI.5H2O.V/h4*1H;5*1H2;/q;;;;;;;;;+4/p-4. The van der Waals surface area contributed by atoms with Crippen molar-refractivity contribution >= 4 is 79.9 Å². The molecule has 0 rings (SSSR count). The van der Waals surface area contributed by atoms with Crippen LogP contribution in [-0.4, -0.2) is 27.4 Å². The molecule has 0 saturated carbocycles. The summed E-state index contributed by atoms with van der Waals surface area (Å²) < 4.78 is -0.995. The van der Waals surface area contributed by atoms with Gasteiger partial charge in [-0.1, -0.05) is 0 Å². The van der Waals surface area contributed by atoms with E-state index in [4.69, 9.17) is 0 Å². The molecule has 10 heavy (non-hydrogen) atoms. The average Bonchev–Trinajstić information content (AvgIpc) is 0.722. The Labute approximate surface area is 105 Å². The van der Waals surface area contributed by atoms with E-state index in [-0.39, 0.29) is 27.4 Å². The van der Waals surface area contributed by atoms with Gasteiger partial charge in [-0.3, -0.25) is 0 Å². The summed E-state index contributed by atoms with van der Waals surface area (Å²) in [7, 11) is 0. The van der Waals surface area contributed by atoms with Crippen molar-refractivity contribution in [2.75, 3.05) is 0 Å². The Morgan fingerprint density at radius 2 is 0.500 bits per heavy atom. The zero-order valence-corrected chi connectivity index (χ0v) is 14.5. The zero-order valence-electron chi connectivity index (χ0n) is 4.46. The van der Waals surface area contributed by atoms with Crippen LogP contribution in [0.1, 0.15) is 0 Å². The third kappa shape index (κ3) is 110. The summed E-state index contributed by atoms with van der Waals surface area (Å²) in [5.74, 6) is 0. The van der Waals surface area contributed by atoms with E-state index in [2.05, 4.69) is 79.9 Å². The van der Waals surface area contributed by atoms with Gasteiger partial charge in [-0.25, -0.2) is 0 Å². The molecule has 10 N–H and O–H groups in total. The van der Waals surface area contributed by atoms with E-state index in [1.165, 1.54) is 0 Å². The van der Waals surface area contributed by atoms with Gasteiger partial charge in [0.15, 0.2) is 0 Å². The monoisotopic (exact) mass is 649 g/mol. The molecule has 0 unspecified atom stereocenters. The second-order valence-electron chi connectivity index (χ2n) is 0.383. The predicted molar refractivity (Wildman–Crippen MR) is 74.1 cm³/mol. The van der Waals surface area contributed by atoms with Gasteiger partial charge in [-0.15, -0.1) is 0 Å². The molecule has 5 nitrogen and oxygen atoms in total. The maximum atomic E-state index is 2.51. The third-order valence-corrected chi connectivity index (χ3v) is 0. The average molecular weight is 649 g/mol. The third-order valence-electron chi connectivity index (χ3n) is 0. The van der Waals surface area contributed by atoms with E-state index in [1.807, 2.05) is 0 Å². The number of halogens is 4. The molecule has 0 aromatic heterocycles. The van der Waals surface area contributed by atoms with Crippen LogP contribution in [0.15, 0.2) is 0 Å². The topological polar surface area (TPSA) is 158 Å². The minimum absolute atomic E-state index is 0. The van der Waals surface area contributed by atoms with Crippen molar-refractivity contribution in [1.29, 1.82) is 0 Å². The van der Waals surface area contributed by atoms with Crippen molar-refractivity contribution in [2.24, 2.45) is 0 Å². The molecule has 73 valence electrons. The molecule has 10 heteroatoms. The Kier molecular flexibility index (Phi) is 68.6. The quantitative estimate of drug-likeness (QED) is 0.308. The second kappa shape index (κ2) is 18.2. The summed E-state index contributed by atoms with van der Waals surface area (Å²) in [5, 5.41) is 0. The van der Waals surface area contributed by atoms with Crippen molar-refractivity contribution in [3.05, 3.63) is 0 Å². The number of rotatable bonds is 0. The number of hydrogen-bond donors (Lipinski definition) is 0. The van der Waals surface area contributed by atoms with Gasteiger partial charge in [0.1, 0.15) is 0 Å². The first-order valence-corrected chi connectivity index (χ1v) is 18.7. The van der Waals surface area contributed by atoms with Crippen LogP contribution < -0.4 is 0 Å². The molecule has 0 aliphatic rings. The summed E-state index contributed by atoms with van der Waals surface area (Å²) in [4.78, 5) is 0. The molecule has 0 aromatic rings. The molecule has 0 aromatic carbocycles. The van der Waals surface area contributed by atoms with Crippen LogP contribution in [0.2, 0.25) is 0 Å². The van der Waals surface area contributed by atoms with Crippen LogP contribution in [0, 0.1) is 0 Å². The fourth-order valence-electron chi connectivity index (χ4n) is 0. The van der Waals surface area contributed by atoms with Crippen LogP contribution >= 0.6 is 79.9 Å². The molecule has 0 radical (unpaired) electrons. The van der Waals surface area contributed by atoms with Crippen LogP contribution in [0.3, 0.4) is 0 Å². The van der Waals surface area contributed by atoms with E-state index in [1.54, 1.807) is 0 Å². The first kappa shape index (κ1) is 37.8. The molecule has 0 atom stereocenters. The second-order valence-corrected chi connectivity index (χ2v) is 71.1. The predicted octanol–water partition coefficient (Wildman–Crippen LogP) is -0.583. The van der Waals surface area contributed by atoms with E-state index in [9.17, 15) is 0 Å². The Morgan fingerprint density at radius 3 is 0.500 bits per heavy atom. The summed E-state index contributed by atoms with van der Waals surface area (Å²) >= 11 is 10.0. The molecule has 0 fully saturated rings. The molecular weight excluding hydrogens is 639 g/mol. The minimum atomic E-state index is -0.995. The molecule has 0 aliphatic carbocycles. The van der Waals surface area contributed by atoms with E-state index >= 15 is 0 Å². The molecular formula is H10I4O5V. The fraction of sp³-hybridized carbons (Fsp3) is 0. The SMILES string of the molecule is O.O.O.O.O.[I][V]([I])([I])[I]. The summed E-state index contributed by atoms with van der Waals surface area (Å²) in [6.07, 6.45) is 0. The Balaban J connectivity index is -0.00000000800. The molecule has 0 amide bonds. The molecule has 0 heterocycles. The van der Waals surface area contributed by atoms with Crippen molar-refractivity contribution in [3.8, 4) is 0 Å². The first-order valence-electron chi connectivity index (χ1n) is 0.676. The molecule has 0 aliphatic heterocycles. The van der Waals surface area contributed by atoms with Gasteiger partial charge in [-0.05, 0) is 0 Å². The van der Waals surface area contributed by atoms with Gasteiger partial charge in [-0.2, -0.15) is 0 Å². The van der Waals surface area contributed by atoms with E-state index in [0.29, 0.717) is 0 Å².